The van der Waals surface area contributed by atoms with Crippen LogP contribution in [-0.2, 0) is 4.74 Å². The predicted octanol–water partition coefficient (Wildman–Crippen LogP) is 7.89. The highest BCUT2D eigenvalue weighted by atomic mass is 35.5. The number of aliphatic hydroxyl groups is 1. The zero-order valence-corrected chi connectivity index (χ0v) is 26.8. The number of aromatic nitrogens is 2. The minimum absolute atomic E-state index is 0.0267. The smallest absolute Gasteiger partial charge is 0.238 e. The van der Waals surface area contributed by atoms with Gasteiger partial charge in [-0.25, -0.2) is 4.98 Å². The number of aryl methyl sites for hydroxylation is 2. The third kappa shape index (κ3) is 9.69. The van der Waals surface area contributed by atoms with E-state index in [4.69, 9.17) is 53.5 Å². The molecule has 0 aliphatic heterocycles. The van der Waals surface area contributed by atoms with Crippen molar-refractivity contribution in [3.63, 3.8) is 0 Å². The van der Waals surface area contributed by atoms with Crippen LogP contribution in [0, 0.1) is 25.2 Å². The molecule has 226 valence electrons. The first-order valence-electron chi connectivity index (χ1n) is 13.4. The molecule has 0 radical (unpaired) electrons. The Morgan fingerprint density at radius 3 is 2.02 bits per heavy atom. The van der Waals surface area contributed by atoms with Gasteiger partial charge in [-0.15, -0.1) is 0 Å². The van der Waals surface area contributed by atoms with E-state index in [-0.39, 0.29) is 36.1 Å². The molecule has 0 saturated carbocycles. The van der Waals surface area contributed by atoms with Crippen LogP contribution in [0.25, 0.3) is 0 Å². The lowest BCUT2D eigenvalue weighted by atomic mass is 10.00. The van der Waals surface area contributed by atoms with Crippen molar-refractivity contribution in [3.05, 3.63) is 74.8 Å². The number of methoxy groups -OCH3 is 1. The molecule has 9 nitrogen and oxygen atoms in total. The van der Waals surface area contributed by atoms with Gasteiger partial charge < -0.3 is 30.4 Å². The highest BCUT2D eigenvalue weighted by molar-refractivity contribution is 6.31. The number of anilines is 2. The summed E-state index contributed by atoms with van der Waals surface area (Å²) in [6, 6.07) is 9.26. The SMILES string of the molecule is CO/C=C(\C#N)Oc1cc(Cl)c(C)cc1C(C)C.Cc1cc(C(C)C)c(Oc2cnc(N[C@H](C)CO)nc2N)cc1Cl. The number of nitriles is 1. The number of rotatable bonds is 10. The van der Waals surface area contributed by atoms with Gasteiger partial charge in [0.15, 0.2) is 11.6 Å². The second kappa shape index (κ2) is 16.1. The van der Waals surface area contributed by atoms with Gasteiger partial charge >= 0.3 is 0 Å². The number of nitrogens with two attached hydrogens (primary N) is 1. The van der Waals surface area contributed by atoms with Crippen LogP contribution in [0.1, 0.15) is 68.7 Å². The van der Waals surface area contributed by atoms with Crippen LogP contribution in [0.15, 0.2) is 42.5 Å². The first-order chi connectivity index (χ1) is 19.8. The summed E-state index contributed by atoms with van der Waals surface area (Å²) in [4.78, 5) is 8.32. The monoisotopic (exact) mass is 615 g/mol. The van der Waals surface area contributed by atoms with Crippen LogP contribution in [-0.4, -0.2) is 34.8 Å². The molecule has 1 heterocycles. The van der Waals surface area contributed by atoms with E-state index in [2.05, 4.69) is 43.0 Å². The van der Waals surface area contributed by atoms with E-state index in [9.17, 15) is 0 Å². The van der Waals surface area contributed by atoms with E-state index in [0.29, 0.717) is 33.2 Å². The maximum absolute atomic E-state index is 9.06. The standard InChI is InChI=1S/C17H23ClN4O2.C14H16ClNO2/c1-9(2)12-5-10(3)13(18)6-14(12)24-15-7-20-17(22-16(15)19)21-11(4)8-23;1-9(2)12-5-10(3)13(15)6-14(12)18-11(7-16)8-17-4/h5-7,9,11,23H,8H2,1-4H3,(H3,19,20,21,22);5-6,8-9H,1-4H3/b;11-8+/t11-;/m1./s1. The Hall–Kier alpha value is -3.71. The van der Waals surface area contributed by atoms with Gasteiger partial charge in [-0.05, 0) is 67.0 Å². The quantitative estimate of drug-likeness (QED) is 0.153. The fourth-order valence-corrected chi connectivity index (χ4v) is 3.97. The topological polar surface area (TPSA) is 136 Å². The highest BCUT2D eigenvalue weighted by Gasteiger charge is 2.15. The molecule has 0 fully saturated rings. The van der Waals surface area contributed by atoms with Crippen LogP contribution >= 0.6 is 23.2 Å². The second-order valence-corrected chi connectivity index (χ2v) is 11.1. The maximum atomic E-state index is 9.06. The summed E-state index contributed by atoms with van der Waals surface area (Å²) < 4.78 is 16.2. The molecule has 0 amide bonds. The molecule has 1 aromatic heterocycles. The van der Waals surface area contributed by atoms with Crippen LogP contribution < -0.4 is 20.5 Å². The van der Waals surface area contributed by atoms with Crippen molar-refractivity contribution < 1.29 is 19.3 Å². The van der Waals surface area contributed by atoms with Gasteiger partial charge in [-0.1, -0.05) is 63.0 Å². The highest BCUT2D eigenvalue weighted by Crippen LogP contribution is 2.36. The third-order valence-electron chi connectivity index (χ3n) is 6.03. The average molecular weight is 617 g/mol. The number of hydrogen-bond donors (Lipinski definition) is 3. The predicted molar refractivity (Wildman–Crippen MR) is 169 cm³/mol. The maximum Gasteiger partial charge on any atom is 0.238 e. The lowest BCUT2D eigenvalue weighted by Crippen LogP contribution is -2.21. The minimum Gasteiger partial charge on any atom is -0.500 e. The lowest BCUT2D eigenvalue weighted by Gasteiger charge is -2.17. The third-order valence-corrected chi connectivity index (χ3v) is 6.85. The number of ether oxygens (including phenoxy) is 3. The Morgan fingerprint density at radius 2 is 1.55 bits per heavy atom. The number of halogens is 2. The number of nitrogens with one attached hydrogen (secondary N) is 1. The first kappa shape index (κ1) is 34.5. The van der Waals surface area contributed by atoms with Gasteiger partial charge in [0.2, 0.25) is 11.7 Å². The zero-order valence-electron chi connectivity index (χ0n) is 25.3. The molecule has 0 aliphatic rings. The molecule has 0 unspecified atom stereocenters. The van der Waals surface area contributed by atoms with E-state index in [1.54, 1.807) is 12.1 Å². The van der Waals surface area contributed by atoms with Crippen molar-refractivity contribution in [1.82, 2.24) is 9.97 Å². The Bertz CT molecular complexity index is 1440. The number of aliphatic hydroxyl groups excluding tert-OH is 1. The van der Waals surface area contributed by atoms with Crippen LogP contribution in [0.5, 0.6) is 17.2 Å². The molecule has 3 rings (SSSR count). The van der Waals surface area contributed by atoms with Crippen LogP contribution in [0.4, 0.5) is 11.8 Å². The summed E-state index contributed by atoms with van der Waals surface area (Å²) in [6.07, 6.45) is 2.77. The van der Waals surface area contributed by atoms with Gasteiger partial charge in [-0.2, -0.15) is 10.2 Å². The van der Waals surface area contributed by atoms with E-state index in [0.717, 1.165) is 22.3 Å². The Labute approximate surface area is 258 Å². The molecular formula is C31H39Cl2N5O4. The van der Waals surface area contributed by atoms with Crippen molar-refractivity contribution in [3.8, 4) is 23.3 Å². The second-order valence-electron chi connectivity index (χ2n) is 10.3. The molecule has 0 aliphatic carbocycles. The summed E-state index contributed by atoms with van der Waals surface area (Å²) in [5.41, 5.74) is 9.99. The summed E-state index contributed by atoms with van der Waals surface area (Å²) in [7, 11) is 1.46. The fourth-order valence-electron chi connectivity index (χ4n) is 3.67. The Morgan fingerprint density at radius 1 is 1.00 bits per heavy atom. The van der Waals surface area contributed by atoms with Crippen molar-refractivity contribution in [2.45, 2.75) is 66.3 Å². The van der Waals surface area contributed by atoms with E-state index >= 15 is 0 Å². The molecule has 1 atom stereocenters. The first-order valence-corrected chi connectivity index (χ1v) is 14.1. The molecule has 0 spiro atoms. The number of nitrogens with zero attached hydrogens (tertiary/aromatic N) is 3. The van der Waals surface area contributed by atoms with Crippen molar-refractivity contribution in [2.24, 2.45) is 0 Å². The molecule has 0 saturated heterocycles. The zero-order chi connectivity index (χ0) is 31.6. The average Bonchev–Trinajstić information content (AvgIpc) is 2.93. The number of benzene rings is 2. The summed E-state index contributed by atoms with van der Waals surface area (Å²) >= 11 is 12.3. The minimum atomic E-state index is -0.167. The van der Waals surface area contributed by atoms with Crippen LogP contribution in [0.3, 0.4) is 0 Å². The fraction of sp³-hybridized carbons (Fsp3) is 0.387. The van der Waals surface area contributed by atoms with Gasteiger partial charge in [-0.3, -0.25) is 0 Å². The summed E-state index contributed by atoms with van der Waals surface area (Å²) in [6.45, 7) is 14.0. The van der Waals surface area contributed by atoms with Gasteiger partial charge in [0.25, 0.3) is 0 Å². The largest absolute Gasteiger partial charge is 0.500 e. The van der Waals surface area contributed by atoms with Crippen molar-refractivity contribution in [1.29, 1.82) is 5.26 Å². The van der Waals surface area contributed by atoms with Crippen molar-refractivity contribution >= 4 is 35.0 Å². The molecule has 42 heavy (non-hydrogen) atoms. The number of allylic oxidation sites excluding steroid dienone is 1. The van der Waals surface area contributed by atoms with Gasteiger partial charge in [0.05, 0.1) is 19.9 Å². The molecular weight excluding hydrogens is 577 g/mol. The lowest BCUT2D eigenvalue weighted by molar-refractivity contribution is 0.281. The van der Waals surface area contributed by atoms with Crippen LogP contribution in [0.2, 0.25) is 10.0 Å². The Balaban J connectivity index is 0.000000307. The summed E-state index contributed by atoms with van der Waals surface area (Å²) in [5, 5.41) is 22.2. The Kier molecular flexibility index (Phi) is 13.2. The van der Waals surface area contributed by atoms with Gasteiger partial charge in [0, 0.05) is 16.1 Å². The summed E-state index contributed by atoms with van der Waals surface area (Å²) in [5.74, 6) is 2.78. The van der Waals surface area contributed by atoms with Gasteiger partial charge in [0.1, 0.15) is 23.8 Å². The molecule has 0 bridgehead atoms. The molecule has 4 N–H and O–H groups in total. The molecule has 3 aromatic rings. The molecule has 2 aromatic carbocycles. The van der Waals surface area contributed by atoms with Crippen molar-refractivity contribution in [2.75, 3.05) is 24.8 Å². The number of hydrogen-bond acceptors (Lipinski definition) is 9. The number of nitrogen functional groups attached to an aromatic ring is 1. The van der Waals surface area contributed by atoms with E-state index in [1.165, 1.54) is 19.6 Å². The van der Waals surface area contributed by atoms with E-state index < -0.39 is 0 Å². The normalized spacial score (nSPS) is 11.9. The molecule has 11 heteroatoms. The van der Waals surface area contributed by atoms with E-state index in [1.807, 2.05) is 39.0 Å².